The van der Waals surface area contributed by atoms with E-state index in [1.54, 1.807) is 6.07 Å². The Kier molecular flexibility index (Phi) is 5.80. The number of piperazine rings is 1. The highest BCUT2D eigenvalue weighted by Gasteiger charge is 2.21. The first-order chi connectivity index (χ1) is 13.6. The fourth-order valence-electron chi connectivity index (χ4n) is 3.39. The van der Waals surface area contributed by atoms with Crippen LogP contribution < -0.4 is 19.7 Å². The molecule has 28 heavy (non-hydrogen) atoms. The summed E-state index contributed by atoms with van der Waals surface area (Å²) in [7, 11) is 0. The van der Waals surface area contributed by atoms with Crippen molar-refractivity contribution in [3.8, 4) is 11.5 Å². The average molecular weight is 422 g/mol. The van der Waals surface area contributed by atoms with E-state index in [9.17, 15) is 4.79 Å². The molecule has 6 nitrogen and oxygen atoms in total. The molecular formula is C20H21Cl2N3O3. The maximum absolute atomic E-state index is 12.3. The molecule has 2 heterocycles. The summed E-state index contributed by atoms with van der Waals surface area (Å²) < 4.78 is 10.7. The third-order valence-electron chi connectivity index (χ3n) is 4.94. The average Bonchev–Trinajstić information content (AvgIpc) is 3.17. The van der Waals surface area contributed by atoms with Crippen molar-refractivity contribution in [1.29, 1.82) is 0 Å². The summed E-state index contributed by atoms with van der Waals surface area (Å²) >= 11 is 12.4. The lowest BCUT2D eigenvalue weighted by molar-refractivity contribution is -0.122. The number of rotatable bonds is 5. The Morgan fingerprint density at radius 1 is 1.04 bits per heavy atom. The summed E-state index contributed by atoms with van der Waals surface area (Å²) in [6, 6.07) is 11.4. The zero-order valence-electron chi connectivity index (χ0n) is 15.3. The molecule has 8 heteroatoms. The van der Waals surface area contributed by atoms with Crippen LogP contribution in [0.4, 0.5) is 5.69 Å². The number of amides is 1. The number of anilines is 1. The van der Waals surface area contributed by atoms with Crippen LogP contribution >= 0.6 is 23.2 Å². The van der Waals surface area contributed by atoms with Crippen LogP contribution in [0.5, 0.6) is 11.5 Å². The molecule has 0 radical (unpaired) electrons. The number of nitrogens with zero attached hydrogens (tertiary/aromatic N) is 2. The summed E-state index contributed by atoms with van der Waals surface area (Å²) in [4.78, 5) is 16.7. The zero-order chi connectivity index (χ0) is 19.5. The van der Waals surface area contributed by atoms with E-state index in [0.717, 1.165) is 48.9 Å². The van der Waals surface area contributed by atoms with Crippen molar-refractivity contribution in [3.63, 3.8) is 0 Å². The third kappa shape index (κ3) is 4.29. The van der Waals surface area contributed by atoms with Gasteiger partial charge in [0.15, 0.2) is 11.5 Å². The number of carbonyl (C=O) groups excluding carboxylic acids is 1. The summed E-state index contributed by atoms with van der Waals surface area (Å²) in [5.74, 6) is 1.47. The number of hydrogen-bond acceptors (Lipinski definition) is 5. The Balaban J connectivity index is 1.24. The second-order valence-corrected chi connectivity index (χ2v) is 7.59. The first-order valence-electron chi connectivity index (χ1n) is 9.17. The Bertz CT molecular complexity index is 870. The minimum Gasteiger partial charge on any atom is -0.454 e. The lowest BCUT2D eigenvalue weighted by Gasteiger charge is -2.36. The van der Waals surface area contributed by atoms with Gasteiger partial charge in [-0.15, -0.1) is 0 Å². The Hall–Kier alpha value is -2.15. The number of carbonyl (C=O) groups is 1. The fourth-order valence-corrected chi connectivity index (χ4v) is 3.81. The number of halogens is 2. The summed E-state index contributed by atoms with van der Waals surface area (Å²) in [5.41, 5.74) is 1.93. The molecule has 0 unspecified atom stereocenters. The molecule has 1 amide bonds. The van der Waals surface area contributed by atoms with Crippen LogP contribution in [0.25, 0.3) is 0 Å². The van der Waals surface area contributed by atoms with Gasteiger partial charge >= 0.3 is 0 Å². The van der Waals surface area contributed by atoms with Crippen molar-refractivity contribution in [2.24, 2.45) is 0 Å². The number of fused-ring (bicyclic) bond motifs is 1. The summed E-state index contributed by atoms with van der Waals surface area (Å²) in [6.07, 6.45) is 0. The molecule has 2 aliphatic rings. The van der Waals surface area contributed by atoms with Gasteiger partial charge in [-0.25, -0.2) is 0 Å². The molecule has 0 spiro atoms. The lowest BCUT2D eigenvalue weighted by Crippen LogP contribution is -2.49. The van der Waals surface area contributed by atoms with Crippen LogP contribution in [-0.2, 0) is 11.3 Å². The van der Waals surface area contributed by atoms with Crippen LogP contribution in [0.1, 0.15) is 5.56 Å². The van der Waals surface area contributed by atoms with Crippen molar-refractivity contribution in [2.45, 2.75) is 6.54 Å². The van der Waals surface area contributed by atoms with Crippen LogP contribution in [0.15, 0.2) is 36.4 Å². The molecule has 1 saturated heterocycles. The number of nitrogens with one attached hydrogen (secondary N) is 1. The Morgan fingerprint density at radius 2 is 1.82 bits per heavy atom. The maximum Gasteiger partial charge on any atom is 0.234 e. The molecule has 0 saturated carbocycles. The van der Waals surface area contributed by atoms with Gasteiger partial charge in [0.05, 0.1) is 22.3 Å². The molecular weight excluding hydrogens is 401 g/mol. The van der Waals surface area contributed by atoms with Gasteiger partial charge < -0.3 is 19.7 Å². The van der Waals surface area contributed by atoms with E-state index >= 15 is 0 Å². The van der Waals surface area contributed by atoms with Gasteiger partial charge in [0.1, 0.15) is 0 Å². The highest BCUT2D eigenvalue weighted by atomic mass is 35.5. The van der Waals surface area contributed by atoms with Crippen LogP contribution in [-0.4, -0.2) is 50.3 Å². The van der Waals surface area contributed by atoms with Gasteiger partial charge in [-0.2, -0.15) is 0 Å². The van der Waals surface area contributed by atoms with E-state index in [1.807, 2.05) is 30.3 Å². The second kappa shape index (κ2) is 8.47. The van der Waals surface area contributed by atoms with Gasteiger partial charge in [0.2, 0.25) is 12.7 Å². The molecule has 0 aromatic heterocycles. The first-order valence-corrected chi connectivity index (χ1v) is 9.92. The molecule has 0 bridgehead atoms. The van der Waals surface area contributed by atoms with E-state index < -0.39 is 0 Å². The zero-order valence-corrected chi connectivity index (χ0v) is 16.8. The normalized spacial score (nSPS) is 16.3. The van der Waals surface area contributed by atoms with Crippen molar-refractivity contribution in [3.05, 3.63) is 52.0 Å². The Labute approximate surface area is 173 Å². The standard InChI is InChI=1S/C20H21Cl2N3O3/c21-15-2-1-3-16(20(15)22)25-8-6-24(7-9-25)12-19(26)23-11-14-4-5-17-18(10-14)28-13-27-17/h1-5,10H,6-9,11-13H2,(H,23,26). The van der Waals surface area contributed by atoms with E-state index in [0.29, 0.717) is 23.1 Å². The maximum atomic E-state index is 12.3. The van der Waals surface area contributed by atoms with E-state index in [1.165, 1.54) is 0 Å². The van der Waals surface area contributed by atoms with Crippen LogP contribution in [0.3, 0.4) is 0 Å². The third-order valence-corrected chi connectivity index (χ3v) is 5.75. The number of ether oxygens (including phenoxy) is 2. The van der Waals surface area contributed by atoms with Gasteiger partial charge in [-0.3, -0.25) is 9.69 Å². The first kappa shape index (κ1) is 19.2. The van der Waals surface area contributed by atoms with Crippen LogP contribution in [0.2, 0.25) is 10.0 Å². The van der Waals surface area contributed by atoms with Crippen molar-refractivity contribution < 1.29 is 14.3 Å². The van der Waals surface area contributed by atoms with Crippen molar-refractivity contribution in [1.82, 2.24) is 10.2 Å². The molecule has 0 aliphatic carbocycles. The van der Waals surface area contributed by atoms with E-state index in [-0.39, 0.29) is 12.7 Å². The predicted molar refractivity (Wildman–Crippen MR) is 110 cm³/mol. The molecule has 0 atom stereocenters. The SMILES string of the molecule is O=C(CN1CCN(c2cccc(Cl)c2Cl)CC1)NCc1ccc2c(c1)OCO2. The lowest BCUT2D eigenvalue weighted by atomic mass is 10.2. The van der Waals surface area contributed by atoms with E-state index in [4.69, 9.17) is 32.7 Å². The molecule has 2 aromatic rings. The van der Waals surface area contributed by atoms with Crippen molar-refractivity contribution in [2.75, 3.05) is 44.4 Å². The molecule has 148 valence electrons. The van der Waals surface area contributed by atoms with Gasteiger partial charge in [-0.1, -0.05) is 35.3 Å². The largest absolute Gasteiger partial charge is 0.454 e. The molecule has 2 aromatic carbocycles. The van der Waals surface area contributed by atoms with Gasteiger partial charge in [0.25, 0.3) is 0 Å². The number of benzene rings is 2. The topological polar surface area (TPSA) is 54.0 Å². The second-order valence-electron chi connectivity index (χ2n) is 6.80. The van der Waals surface area contributed by atoms with Crippen LogP contribution in [0, 0.1) is 0 Å². The molecule has 1 N–H and O–H groups in total. The molecule has 2 aliphatic heterocycles. The smallest absolute Gasteiger partial charge is 0.234 e. The molecule has 1 fully saturated rings. The summed E-state index contributed by atoms with van der Waals surface area (Å²) in [6.45, 7) is 4.28. The fraction of sp³-hybridized carbons (Fsp3) is 0.350. The highest BCUT2D eigenvalue weighted by molar-refractivity contribution is 6.43. The predicted octanol–water partition coefficient (Wildman–Crippen LogP) is 3.16. The Morgan fingerprint density at radius 3 is 2.64 bits per heavy atom. The highest BCUT2D eigenvalue weighted by Crippen LogP contribution is 2.33. The quantitative estimate of drug-likeness (QED) is 0.803. The summed E-state index contributed by atoms with van der Waals surface area (Å²) in [5, 5.41) is 4.11. The van der Waals surface area contributed by atoms with Gasteiger partial charge in [-0.05, 0) is 29.8 Å². The molecule has 4 rings (SSSR count). The monoisotopic (exact) mass is 421 g/mol. The van der Waals surface area contributed by atoms with Gasteiger partial charge in [0, 0.05) is 32.7 Å². The minimum atomic E-state index is 0.00639. The number of hydrogen-bond donors (Lipinski definition) is 1. The van der Waals surface area contributed by atoms with Crippen molar-refractivity contribution >= 4 is 34.8 Å². The minimum absolute atomic E-state index is 0.00639. The van der Waals surface area contributed by atoms with E-state index in [2.05, 4.69) is 15.1 Å².